The standard InChI is InChI=1S/C16H18ClFN4O4S/c17-12-5-4-6-13(18)11(12)10-27(24,25)16-21-20-14(26-16)9-19-15(23)22-7-2-1-3-8-22/h4-6H,1-3,7-10H2,(H,19,23). The van der Waals surface area contributed by atoms with Gasteiger partial charge >= 0.3 is 11.3 Å². The SMILES string of the molecule is O=C(NCc1nnc(S(=O)(=O)Cc2c(F)cccc2Cl)o1)N1CCCCC1. The zero-order chi connectivity index (χ0) is 19.4. The topological polar surface area (TPSA) is 105 Å². The van der Waals surface area contributed by atoms with Crippen molar-refractivity contribution in [2.45, 2.75) is 36.8 Å². The van der Waals surface area contributed by atoms with Gasteiger partial charge in [0.25, 0.3) is 0 Å². The Labute approximate surface area is 160 Å². The van der Waals surface area contributed by atoms with Crippen molar-refractivity contribution in [3.63, 3.8) is 0 Å². The Morgan fingerprint density at radius 1 is 1.26 bits per heavy atom. The van der Waals surface area contributed by atoms with E-state index < -0.39 is 26.6 Å². The highest BCUT2D eigenvalue weighted by Gasteiger charge is 2.26. The van der Waals surface area contributed by atoms with E-state index in [1.54, 1.807) is 4.90 Å². The van der Waals surface area contributed by atoms with Gasteiger partial charge in [0.2, 0.25) is 15.7 Å². The number of carbonyl (C=O) groups excluding carboxylic acids is 1. The second-order valence-electron chi connectivity index (χ2n) is 6.13. The zero-order valence-electron chi connectivity index (χ0n) is 14.3. The van der Waals surface area contributed by atoms with E-state index in [1.807, 2.05) is 0 Å². The summed E-state index contributed by atoms with van der Waals surface area (Å²) in [5, 5.41) is 9.09. The number of hydrogen-bond acceptors (Lipinski definition) is 6. The van der Waals surface area contributed by atoms with Crippen LogP contribution >= 0.6 is 11.6 Å². The first kappa shape index (κ1) is 19.6. The number of likely N-dealkylation sites (tertiary alicyclic amines) is 1. The minimum absolute atomic E-state index is 0.00731. The first-order valence-electron chi connectivity index (χ1n) is 8.37. The molecular weight excluding hydrogens is 399 g/mol. The van der Waals surface area contributed by atoms with Gasteiger partial charge in [-0.3, -0.25) is 0 Å². The number of aromatic nitrogens is 2. The summed E-state index contributed by atoms with van der Waals surface area (Å²) >= 11 is 5.86. The molecule has 27 heavy (non-hydrogen) atoms. The number of nitrogens with zero attached hydrogens (tertiary/aromatic N) is 3. The molecule has 1 aromatic carbocycles. The molecule has 1 N–H and O–H groups in total. The molecule has 2 heterocycles. The predicted octanol–water partition coefficient (Wildman–Crippen LogP) is 2.53. The molecule has 1 saturated heterocycles. The average molecular weight is 417 g/mol. The Bertz CT molecular complexity index is 908. The van der Waals surface area contributed by atoms with Crippen LogP contribution in [0.25, 0.3) is 0 Å². The Morgan fingerprint density at radius 3 is 2.70 bits per heavy atom. The van der Waals surface area contributed by atoms with Crippen LogP contribution in [0.2, 0.25) is 5.02 Å². The molecule has 2 aromatic rings. The number of amides is 2. The van der Waals surface area contributed by atoms with E-state index in [2.05, 4.69) is 15.5 Å². The lowest BCUT2D eigenvalue weighted by atomic mass is 10.1. The molecule has 3 rings (SSSR count). The van der Waals surface area contributed by atoms with Crippen molar-refractivity contribution >= 4 is 27.5 Å². The number of rotatable bonds is 5. The quantitative estimate of drug-likeness (QED) is 0.802. The van der Waals surface area contributed by atoms with Gasteiger partial charge in [-0.25, -0.2) is 17.6 Å². The summed E-state index contributed by atoms with van der Waals surface area (Å²) in [4.78, 5) is 13.7. The largest absolute Gasteiger partial charge is 0.411 e. The number of piperidine rings is 1. The van der Waals surface area contributed by atoms with Crippen molar-refractivity contribution in [3.8, 4) is 0 Å². The summed E-state index contributed by atoms with van der Waals surface area (Å²) in [6.07, 6.45) is 3.00. The highest BCUT2D eigenvalue weighted by molar-refractivity contribution is 7.90. The van der Waals surface area contributed by atoms with E-state index in [0.717, 1.165) is 25.3 Å². The van der Waals surface area contributed by atoms with E-state index in [1.165, 1.54) is 12.1 Å². The van der Waals surface area contributed by atoms with E-state index in [4.69, 9.17) is 16.0 Å². The molecule has 1 aliphatic rings. The minimum Gasteiger partial charge on any atom is -0.411 e. The van der Waals surface area contributed by atoms with Crippen LogP contribution in [0, 0.1) is 5.82 Å². The number of nitrogens with one attached hydrogen (secondary N) is 1. The molecule has 0 atom stereocenters. The lowest BCUT2D eigenvalue weighted by molar-refractivity contribution is 0.184. The lowest BCUT2D eigenvalue weighted by Crippen LogP contribution is -2.42. The first-order chi connectivity index (χ1) is 12.9. The highest BCUT2D eigenvalue weighted by Crippen LogP contribution is 2.24. The fourth-order valence-electron chi connectivity index (χ4n) is 2.72. The summed E-state index contributed by atoms with van der Waals surface area (Å²) in [5.41, 5.74) is -0.169. The van der Waals surface area contributed by atoms with Gasteiger partial charge in [-0.05, 0) is 31.4 Å². The Morgan fingerprint density at radius 2 is 2.00 bits per heavy atom. The van der Waals surface area contributed by atoms with E-state index in [0.29, 0.717) is 13.1 Å². The van der Waals surface area contributed by atoms with Gasteiger partial charge in [-0.1, -0.05) is 22.8 Å². The van der Waals surface area contributed by atoms with Gasteiger partial charge in [0.05, 0.1) is 12.3 Å². The lowest BCUT2D eigenvalue weighted by Gasteiger charge is -2.26. The van der Waals surface area contributed by atoms with Gasteiger partial charge in [-0.15, -0.1) is 5.10 Å². The van der Waals surface area contributed by atoms with E-state index in [9.17, 15) is 17.6 Å². The number of urea groups is 1. The molecule has 1 aromatic heterocycles. The molecule has 0 spiro atoms. The van der Waals surface area contributed by atoms with E-state index in [-0.39, 0.29) is 29.1 Å². The van der Waals surface area contributed by atoms with Gasteiger partial charge in [0.15, 0.2) is 0 Å². The Hall–Kier alpha value is -2.20. The normalized spacial score (nSPS) is 15.0. The third-order valence-electron chi connectivity index (χ3n) is 4.14. The van der Waals surface area contributed by atoms with Crippen LogP contribution in [0.1, 0.15) is 30.7 Å². The van der Waals surface area contributed by atoms with Crippen LogP contribution in [0.15, 0.2) is 27.8 Å². The smallest absolute Gasteiger partial charge is 0.335 e. The van der Waals surface area contributed by atoms with Crippen molar-refractivity contribution in [3.05, 3.63) is 40.5 Å². The van der Waals surface area contributed by atoms with Gasteiger partial charge < -0.3 is 14.6 Å². The minimum atomic E-state index is -4.08. The number of hydrogen-bond donors (Lipinski definition) is 1. The van der Waals surface area contributed by atoms with Crippen molar-refractivity contribution in [2.24, 2.45) is 0 Å². The number of benzene rings is 1. The third kappa shape index (κ3) is 4.75. The molecule has 0 aliphatic carbocycles. The molecule has 0 unspecified atom stereocenters. The van der Waals surface area contributed by atoms with Crippen molar-refractivity contribution in [2.75, 3.05) is 13.1 Å². The van der Waals surface area contributed by atoms with Crippen LogP contribution in [-0.4, -0.2) is 42.6 Å². The molecule has 0 radical (unpaired) electrons. The molecule has 146 valence electrons. The monoisotopic (exact) mass is 416 g/mol. The summed E-state index contributed by atoms with van der Waals surface area (Å²) in [6, 6.07) is 3.62. The van der Waals surface area contributed by atoms with Crippen molar-refractivity contribution in [1.29, 1.82) is 0 Å². The molecule has 8 nitrogen and oxygen atoms in total. The van der Waals surface area contributed by atoms with Gasteiger partial charge in [0, 0.05) is 23.7 Å². The molecule has 0 saturated carbocycles. The number of sulfone groups is 1. The van der Waals surface area contributed by atoms with Crippen molar-refractivity contribution < 1.29 is 22.0 Å². The molecular formula is C16H18ClFN4O4S. The maximum atomic E-state index is 13.8. The second-order valence-corrected chi connectivity index (χ2v) is 8.40. The van der Waals surface area contributed by atoms with Crippen LogP contribution in [0.5, 0.6) is 0 Å². The van der Waals surface area contributed by atoms with Crippen molar-refractivity contribution in [1.82, 2.24) is 20.4 Å². The molecule has 1 fully saturated rings. The molecule has 2 amide bonds. The van der Waals surface area contributed by atoms with E-state index >= 15 is 0 Å². The summed E-state index contributed by atoms with van der Waals surface area (Å²) in [5.74, 6) is -1.50. The van der Waals surface area contributed by atoms with Gasteiger partial charge in [0.1, 0.15) is 5.82 Å². The fourth-order valence-corrected chi connectivity index (χ4v) is 4.21. The third-order valence-corrected chi connectivity index (χ3v) is 5.86. The highest BCUT2D eigenvalue weighted by atomic mass is 35.5. The summed E-state index contributed by atoms with van der Waals surface area (Å²) < 4.78 is 43.7. The fraction of sp³-hybridized carbons (Fsp3) is 0.438. The Balaban J connectivity index is 1.64. The summed E-state index contributed by atoms with van der Waals surface area (Å²) in [6.45, 7) is 1.26. The zero-order valence-corrected chi connectivity index (χ0v) is 15.9. The average Bonchev–Trinajstić information content (AvgIpc) is 3.14. The van der Waals surface area contributed by atoms with Gasteiger partial charge in [-0.2, -0.15) is 0 Å². The Kier molecular flexibility index (Phi) is 5.95. The first-order valence-corrected chi connectivity index (χ1v) is 10.4. The van der Waals surface area contributed by atoms with Crippen LogP contribution in [0.3, 0.4) is 0 Å². The maximum Gasteiger partial charge on any atom is 0.335 e. The second kappa shape index (κ2) is 8.22. The number of carbonyl (C=O) groups is 1. The number of halogens is 2. The van der Waals surface area contributed by atoms with Crippen LogP contribution in [0.4, 0.5) is 9.18 Å². The molecule has 1 aliphatic heterocycles. The van der Waals surface area contributed by atoms with Crippen LogP contribution in [-0.2, 0) is 22.1 Å². The maximum absolute atomic E-state index is 13.8. The van der Waals surface area contributed by atoms with Crippen LogP contribution < -0.4 is 5.32 Å². The molecule has 0 bridgehead atoms. The summed E-state index contributed by atoms with van der Waals surface area (Å²) in [7, 11) is -4.08. The molecule has 11 heteroatoms. The predicted molar refractivity (Wildman–Crippen MR) is 94.3 cm³/mol.